The number of rotatable bonds is 4. The standard InChI is InChI=1S/C16H24N2O2/c1-19-14-6-5-12(16(17)7-3-8-16)10-15(14)20-13-4-2-9-18-11-13/h5-6,10,13,18H,2-4,7-9,11,17H2,1H3. The quantitative estimate of drug-likeness (QED) is 0.885. The van der Waals surface area contributed by atoms with Gasteiger partial charge in [-0.05, 0) is 56.3 Å². The van der Waals surface area contributed by atoms with Crippen LogP contribution in [0.3, 0.4) is 0 Å². The van der Waals surface area contributed by atoms with Crippen LogP contribution in [-0.2, 0) is 5.54 Å². The van der Waals surface area contributed by atoms with Crippen molar-refractivity contribution >= 4 is 0 Å². The van der Waals surface area contributed by atoms with Crippen molar-refractivity contribution in [2.24, 2.45) is 5.73 Å². The van der Waals surface area contributed by atoms with Crippen LogP contribution in [0.2, 0.25) is 0 Å². The third-order valence-electron chi connectivity index (χ3n) is 4.53. The molecule has 1 aromatic carbocycles. The first-order valence-electron chi connectivity index (χ1n) is 7.56. The number of benzene rings is 1. The normalized spacial score (nSPS) is 24.8. The lowest BCUT2D eigenvalue weighted by atomic mass is 9.73. The first-order valence-corrected chi connectivity index (χ1v) is 7.56. The molecular weight excluding hydrogens is 252 g/mol. The van der Waals surface area contributed by atoms with Crippen LogP contribution in [0.1, 0.15) is 37.7 Å². The molecule has 2 aliphatic rings. The van der Waals surface area contributed by atoms with Crippen LogP contribution in [-0.4, -0.2) is 26.3 Å². The molecule has 1 unspecified atom stereocenters. The van der Waals surface area contributed by atoms with Crippen molar-refractivity contribution < 1.29 is 9.47 Å². The van der Waals surface area contributed by atoms with Gasteiger partial charge in [-0.1, -0.05) is 6.07 Å². The summed E-state index contributed by atoms with van der Waals surface area (Å²) < 4.78 is 11.6. The fourth-order valence-corrected chi connectivity index (χ4v) is 3.02. The average Bonchev–Trinajstić information content (AvgIpc) is 2.46. The third-order valence-corrected chi connectivity index (χ3v) is 4.53. The maximum absolute atomic E-state index is 6.41. The molecular formula is C16H24N2O2. The summed E-state index contributed by atoms with van der Waals surface area (Å²) in [6.07, 6.45) is 5.81. The molecule has 1 saturated carbocycles. The molecule has 4 nitrogen and oxygen atoms in total. The Labute approximate surface area is 120 Å². The minimum absolute atomic E-state index is 0.158. The van der Waals surface area contributed by atoms with Crippen LogP contribution in [0.4, 0.5) is 0 Å². The number of hydrogen-bond donors (Lipinski definition) is 2. The molecule has 20 heavy (non-hydrogen) atoms. The van der Waals surface area contributed by atoms with Gasteiger partial charge in [0.2, 0.25) is 0 Å². The smallest absolute Gasteiger partial charge is 0.161 e. The van der Waals surface area contributed by atoms with E-state index in [0.29, 0.717) is 0 Å². The number of piperidine rings is 1. The van der Waals surface area contributed by atoms with E-state index in [-0.39, 0.29) is 11.6 Å². The Morgan fingerprint density at radius 1 is 1.25 bits per heavy atom. The number of hydrogen-bond acceptors (Lipinski definition) is 4. The molecule has 1 aromatic rings. The lowest BCUT2D eigenvalue weighted by Gasteiger charge is -2.39. The molecule has 1 heterocycles. The van der Waals surface area contributed by atoms with Gasteiger partial charge < -0.3 is 20.5 Å². The Hall–Kier alpha value is -1.26. The number of nitrogens with one attached hydrogen (secondary N) is 1. The highest BCUT2D eigenvalue weighted by atomic mass is 16.5. The second kappa shape index (κ2) is 5.62. The van der Waals surface area contributed by atoms with E-state index < -0.39 is 0 Å². The molecule has 0 spiro atoms. The van der Waals surface area contributed by atoms with E-state index in [2.05, 4.69) is 17.4 Å². The van der Waals surface area contributed by atoms with Crippen LogP contribution in [0.5, 0.6) is 11.5 Å². The van der Waals surface area contributed by atoms with Gasteiger partial charge in [0.25, 0.3) is 0 Å². The summed E-state index contributed by atoms with van der Waals surface area (Å²) in [5, 5.41) is 3.37. The predicted octanol–water partition coefficient (Wildman–Crippen LogP) is 2.16. The predicted molar refractivity (Wildman–Crippen MR) is 79.2 cm³/mol. The summed E-state index contributed by atoms with van der Waals surface area (Å²) >= 11 is 0. The van der Waals surface area contributed by atoms with Crippen molar-refractivity contribution in [2.45, 2.75) is 43.7 Å². The second-order valence-electron chi connectivity index (χ2n) is 5.96. The van der Waals surface area contributed by atoms with E-state index in [1.165, 1.54) is 12.0 Å². The fraction of sp³-hybridized carbons (Fsp3) is 0.625. The lowest BCUT2D eigenvalue weighted by molar-refractivity contribution is 0.160. The van der Waals surface area contributed by atoms with Gasteiger partial charge in [0, 0.05) is 12.1 Å². The molecule has 3 rings (SSSR count). The lowest BCUT2D eigenvalue weighted by Crippen LogP contribution is -2.43. The zero-order valence-corrected chi connectivity index (χ0v) is 12.2. The largest absolute Gasteiger partial charge is 0.493 e. The summed E-state index contributed by atoms with van der Waals surface area (Å²) in [5.41, 5.74) is 7.42. The highest BCUT2D eigenvalue weighted by Crippen LogP contribution is 2.42. The Morgan fingerprint density at radius 3 is 2.70 bits per heavy atom. The Morgan fingerprint density at radius 2 is 2.10 bits per heavy atom. The Bertz CT molecular complexity index is 466. The molecule has 0 bridgehead atoms. The molecule has 110 valence electrons. The highest BCUT2D eigenvalue weighted by molar-refractivity contribution is 5.45. The van der Waals surface area contributed by atoms with Gasteiger partial charge in [0.05, 0.1) is 7.11 Å². The Balaban J connectivity index is 1.81. The van der Waals surface area contributed by atoms with E-state index >= 15 is 0 Å². The topological polar surface area (TPSA) is 56.5 Å². The molecule has 0 radical (unpaired) electrons. The Kier molecular flexibility index (Phi) is 3.85. The molecule has 1 aliphatic heterocycles. The fourth-order valence-electron chi connectivity index (χ4n) is 3.02. The molecule has 1 aliphatic carbocycles. The van der Waals surface area contributed by atoms with Crippen molar-refractivity contribution in [1.29, 1.82) is 0 Å². The van der Waals surface area contributed by atoms with Crippen LogP contribution >= 0.6 is 0 Å². The first kappa shape index (κ1) is 13.7. The van der Waals surface area contributed by atoms with Crippen molar-refractivity contribution in [3.63, 3.8) is 0 Å². The molecule has 0 amide bonds. The zero-order chi connectivity index (χ0) is 14.0. The van der Waals surface area contributed by atoms with Gasteiger partial charge in [-0.3, -0.25) is 0 Å². The van der Waals surface area contributed by atoms with Gasteiger partial charge in [0.1, 0.15) is 6.10 Å². The van der Waals surface area contributed by atoms with Crippen molar-refractivity contribution in [2.75, 3.05) is 20.2 Å². The average molecular weight is 276 g/mol. The van der Waals surface area contributed by atoms with Crippen LogP contribution in [0.25, 0.3) is 0 Å². The summed E-state index contributed by atoms with van der Waals surface area (Å²) in [4.78, 5) is 0. The zero-order valence-electron chi connectivity index (χ0n) is 12.2. The molecule has 4 heteroatoms. The molecule has 0 aromatic heterocycles. The maximum Gasteiger partial charge on any atom is 0.161 e. The van der Waals surface area contributed by atoms with Crippen LogP contribution in [0.15, 0.2) is 18.2 Å². The monoisotopic (exact) mass is 276 g/mol. The summed E-state index contributed by atoms with van der Waals surface area (Å²) in [6, 6.07) is 6.13. The summed E-state index contributed by atoms with van der Waals surface area (Å²) in [5.74, 6) is 1.62. The SMILES string of the molecule is COc1ccc(C2(N)CCC2)cc1OC1CCCNC1. The van der Waals surface area contributed by atoms with Crippen LogP contribution < -0.4 is 20.5 Å². The minimum Gasteiger partial charge on any atom is -0.493 e. The summed E-state index contributed by atoms with van der Waals surface area (Å²) in [7, 11) is 1.68. The summed E-state index contributed by atoms with van der Waals surface area (Å²) in [6.45, 7) is 1.99. The number of nitrogens with two attached hydrogens (primary N) is 1. The van der Waals surface area contributed by atoms with E-state index in [4.69, 9.17) is 15.2 Å². The van der Waals surface area contributed by atoms with Gasteiger partial charge in [0.15, 0.2) is 11.5 Å². The molecule has 1 saturated heterocycles. The van der Waals surface area contributed by atoms with Crippen molar-refractivity contribution in [1.82, 2.24) is 5.32 Å². The first-order chi connectivity index (χ1) is 9.71. The molecule has 1 atom stereocenters. The number of ether oxygens (including phenoxy) is 2. The number of methoxy groups -OCH3 is 1. The van der Waals surface area contributed by atoms with E-state index in [9.17, 15) is 0 Å². The van der Waals surface area contributed by atoms with E-state index in [1.807, 2.05) is 6.07 Å². The van der Waals surface area contributed by atoms with Gasteiger partial charge in [-0.2, -0.15) is 0 Å². The molecule has 3 N–H and O–H groups in total. The molecule has 2 fully saturated rings. The van der Waals surface area contributed by atoms with Gasteiger partial charge in [-0.25, -0.2) is 0 Å². The third kappa shape index (κ3) is 2.63. The maximum atomic E-state index is 6.41. The van der Waals surface area contributed by atoms with Crippen LogP contribution in [0, 0.1) is 0 Å². The minimum atomic E-state index is -0.158. The van der Waals surface area contributed by atoms with Gasteiger partial charge >= 0.3 is 0 Å². The highest BCUT2D eigenvalue weighted by Gasteiger charge is 2.35. The van der Waals surface area contributed by atoms with Crippen molar-refractivity contribution in [3.8, 4) is 11.5 Å². The van der Waals surface area contributed by atoms with Crippen molar-refractivity contribution in [3.05, 3.63) is 23.8 Å². The van der Waals surface area contributed by atoms with Gasteiger partial charge in [-0.15, -0.1) is 0 Å². The van der Waals surface area contributed by atoms with E-state index in [0.717, 1.165) is 50.3 Å². The van der Waals surface area contributed by atoms with E-state index in [1.54, 1.807) is 7.11 Å². The second-order valence-corrected chi connectivity index (χ2v) is 5.96.